The topological polar surface area (TPSA) is 120 Å². The molecular weight excluding hydrogens is 572 g/mol. The first-order valence-corrected chi connectivity index (χ1v) is 19.5. The van der Waals surface area contributed by atoms with E-state index in [2.05, 4.69) is 40.5 Å². The van der Waals surface area contributed by atoms with Crippen molar-refractivity contribution in [2.75, 3.05) is 11.9 Å². The van der Waals surface area contributed by atoms with Crippen LogP contribution in [0.25, 0.3) is 11.1 Å². The van der Waals surface area contributed by atoms with Crippen LogP contribution in [0.4, 0.5) is 5.69 Å². The van der Waals surface area contributed by atoms with E-state index in [9.17, 15) is 14.4 Å². The number of hydrogen-bond donors (Lipinski definition) is 2. The predicted molar refractivity (Wildman–Crippen MR) is 173 cm³/mol. The zero-order valence-electron chi connectivity index (χ0n) is 26.8. The summed E-state index contributed by atoms with van der Waals surface area (Å²) in [5.41, 5.74) is 3.86. The number of hydrogen-bond acceptors (Lipinski definition) is 6. The standard InChI is InChI=1S/C33H46N6O4Si/c1-21(2)39-27(15-16-34-39)32(41)36-31(30(24-7-8-24)25-9-10-25)33(42)35-26-13-11-23(12-14-26)29-22(3)37-38(28(29)19-40)20-43-17-18-44(4,5)6/h11-16,19,21,24-25,30-31H,7-10,17-18,20H2,1-6H3,(H,35,42)(H,36,41). The minimum atomic E-state index is -1.22. The lowest BCUT2D eigenvalue weighted by atomic mass is 9.88. The molecule has 0 saturated heterocycles. The summed E-state index contributed by atoms with van der Waals surface area (Å²) in [6, 6.07) is 9.56. The summed E-state index contributed by atoms with van der Waals surface area (Å²) < 4.78 is 9.15. The van der Waals surface area contributed by atoms with Gasteiger partial charge >= 0.3 is 0 Å². The minimum absolute atomic E-state index is 0.0252. The summed E-state index contributed by atoms with van der Waals surface area (Å²) >= 11 is 0. The van der Waals surface area contributed by atoms with Crippen molar-refractivity contribution in [1.29, 1.82) is 0 Å². The van der Waals surface area contributed by atoms with Gasteiger partial charge in [-0.05, 0) is 94.0 Å². The molecule has 236 valence electrons. The van der Waals surface area contributed by atoms with E-state index in [1.807, 2.05) is 45.0 Å². The van der Waals surface area contributed by atoms with E-state index in [0.29, 0.717) is 35.5 Å². The van der Waals surface area contributed by atoms with Gasteiger partial charge in [0.15, 0.2) is 6.29 Å². The maximum atomic E-state index is 13.8. The summed E-state index contributed by atoms with van der Waals surface area (Å²) in [6.45, 7) is 13.6. The van der Waals surface area contributed by atoms with Crippen LogP contribution in [0.3, 0.4) is 0 Å². The zero-order valence-corrected chi connectivity index (χ0v) is 27.8. The molecule has 0 bridgehead atoms. The van der Waals surface area contributed by atoms with Crippen LogP contribution in [0.1, 0.15) is 72.2 Å². The highest BCUT2D eigenvalue weighted by atomic mass is 28.3. The van der Waals surface area contributed by atoms with E-state index in [4.69, 9.17) is 4.74 Å². The zero-order chi connectivity index (χ0) is 31.6. The quantitative estimate of drug-likeness (QED) is 0.124. The van der Waals surface area contributed by atoms with Gasteiger partial charge in [0.2, 0.25) is 5.91 Å². The molecule has 2 saturated carbocycles. The predicted octanol–water partition coefficient (Wildman–Crippen LogP) is 5.93. The van der Waals surface area contributed by atoms with E-state index in [1.165, 1.54) is 0 Å². The van der Waals surface area contributed by atoms with Crippen LogP contribution in [0.5, 0.6) is 0 Å². The van der Waals surface area contributed by atoms with E-state index >= 15 is 0 Å². The molecule has 0 aliphatic heterocycles. The Labute approximate surface area is 260 Å². The van der Waals surface area contributed by atoms with Gasteiger partial charge in [0.05, 0.1) is 5.69 Å². The summed E-state index contributed by atoms with van der Waals surface area (Å²) in [7, 11) is -1.22. The van der Waals surface area contributed by atoms with Gasteiger partial charge in [0.1, 0.15) is 24.2 Å². The van der Waals surface area contributed by atoms with Crippen LogP contribution in [0, 0.1) is 24.7 Å². The number of carbonyl (C=O) groups excluding carboxylic acids is 3. The lowest BCUT2D eigenvalue weighted by molar-refractivity contribution is -0.119. The number of aldehydes is 1. The monoisotopic (exact) mass is 618 g/mol. The average Bonchev–Trinajstić information content (AvgIpc) is 3.90. The highest BCUT2D eigenvalue weighted by molar-refractivity contribution is 6.76. The van der Waals surface area contributed by atoms with Gasteiger partial charge < -0.3 is 15.4 Å². The number of nitrogens with one attached hydrogen (secondary N) is 2. The molecule has 1 aromatic carbocycles. The Morgan fingerprint density at radius 2 is 1.73 bits per heavy atom. The number of benzene rings is 1. The first-order valence-electron chi connectivity index (χ1n) is 15.8. The molecule has 2 aromatic heterocycles. The summed E-state index contributed by atoms with van der Waals surface area (Å²) in [5.74, 6) is 0.536. The molecule has 0 spiro atoms. The smallest absolute Gasteiger partial charge is 0.270 e. The summed E-state index contributed by atoms with van der Waals surface area (Å²) in [5, 5.41) is 15.0. The molecule has 11 heteroatoms. The number of aromatic nitrogens is 4. The van der Waals surface area contributed by atoms with Crippen LogP contribution in [-0.4, -0.2) is 58.4 Å². The number of nitrogens with zero attached hydrogens (tertiary/aromatic N) is 4. The van der Waals surface area contributed by atoms with E-state index in [-0.39, 0.29) is 30.5 Å². The van der Waals surface area contributed by atoms with Crippen molar-refractivity contribution in [2.24, 2.45) is 17.8 Å². The fraction of sp³-hybridized carbons (Fsp3) is 0.545. The molecule has 2 aliphatic carbocycles. The van der Waals surface area contributed by atoms with Gasteiger partial charge in [-0.2, -0.15) is 10.2 Å². The molecule has 2 fully saturated rings. The Morgan fingerprint density at radius 3 is 2.30 bits per heavy atom. The van der Waals surface area contributed by atoms with Crippen molar-refractivity contribution in [3.63, 3.8) is 0 Å². The van der Waals surface area contributed by atoms with Crippen molar-refractivity contribution in [3.8, 4) is 11.1 Å². The Bertz CT molecular complexity index is 1470. The Hall–Kier alpha value is -3.57. The van der Waals surface area contributed by atoms with Crippen molar-refractivity contribution in [3.05, 3.63) is 53.6 Å². The molecule has 2 amide bonds. The first-order chi connectivity index (χ1) is 21.0. The van der Waals surface area contributed by atoms with Gasteiger partial charge in [0.25, 0.3) is 5.91 Å². The van der Waals surface area contributed by atoms with Gasteiger partial charge in [-0.3, -0.25) is 19.1 Å². The minimum Gasteiger partial charge on any atom is -0.360 e. The normalized spacial score (nSPS) is 15.9. The van der Waals surface area contributed by atoms with Gasteiger partial charge in [-0.1, -0.05) is 31.8 Å². The molecule has 2 aliphatic rings. The Balaban J connectivity index is 1.31. The Morgan fingerprint density at radius 1 is 1.07 bits per heavy atom. The van der Waals surface area contributed by atoms with E-state index < -0.39 is 14.1 Å². The van der Waals surface area contributed by atoms with Crippen molar-refractivity contribution >= 4 is 31.9 Å². The molecule has 1 atom stereocenters. The van der Waals surface area contributed by atoms with E-state index in [1.54, 1.807) is 21.6 Å². The largest absolute Gasteiger partial charge is 0.360 e. The maximum absolute atomic E-state index is 13.8. The number of aryl methyl sites for hydroxylation is 1. The van der Waals surface area contributed by atoms with Crippen LogP contribution >= 0.6 is 0 Å². The molecule has 2 heterocycles. The molecule has 5 rings (SSSR count). The van der Waals surface area contributed by atoms with Crippen molar-refractivity contribution in [2.45, 2.75) is 91.0 Å². The van der Waals surface area contributed by atoms with Crippen molar-refractivity contribution in [1.82, 2.24) is 24.9 Å². The lowest BCUT2D eigenvalue weighted by Crippen LogP contribution is -2.50. The number of rotatable bonds is 15. The SMILES string of the molecule is Cc1nn(COCC[Si](C)(C)C)c(C=O)c1-c1ccc(NC(=O)C(NC(=O)c2ccnn2C(C)C)C(C2CC2)C2CC2)cc1. The highest BCUT2D eigenvalue weighted by Crippen LogP contribution is 2.51. The van der Waals surface area contributed by atoms with Crippen LogP contribution < -0.4 is 10.6 Å². The van der Waals surface area contributed by atoms with Gasteiger partial charge in [0, 0.05) is 38.2 Å². The number of carbonyl (C=O) groups is 3. The van der Waals surface area contributed by atoms with Gasteiger partial charge in [-0.15, -0.1) is 0 Å². The average molecular weight is 619 g/mol. The second-order valence-electron chi connectivity index (χ2n) is 13.8. The van der Waals surface area contributed by atoms with Gasteiger partial charge in [-0.25, -0.2) is 4.68 Å². The molecular formula is C33H46N6O4Si. The number of ether oxygens (including phenoxy) is 1. The maximum Gasteiger partial charge on any atom is 0.270 e. The molecule has 0 radical (unpaired) electrons. The number of amides is 2. The third kappa shape index (κ3) is 7.55. The molecule has 44 heavy (non-hydrogen) atoms. The lowest BCUT2D eigenvalue weighted by Gasteiger charge is -2.28. The fourth-order valence-corrected chi connectivity index (χ4v) is 6.75. The second-order valence-corrected chi connectivity index (χ2v) is 19.5. The van der Waals surface area contributed by atoms with E-state index in [0.717, 1.165) is 54.8 Å². The second kappa shape index (κ2) is 13.2. The molecule has 10 nitrogen and oxygen atoms in total. The van der Waals surface area contributed by atoms with Crippen LogP contribution in [0.15, 0.2) is 36.5 Å². The van der Waals surface area contributed by atoms with Crippen molar-refractivity contribution < 1.29 is 19.1 Å². The molecule has 1 unspecified atom stereocenters. The molecule has 2 N–H and O–H groups in total. The van der Waals surface area contributed by atoms with Crippen LogP contribution in [-0.2, 0) is 16.3 Å². The molecule has 3 aromatic rings. The first kappa shape index (κ1) is 31.8. The Kier molecular flexibility index (Phi) is 9.55. The summed E-state index contributed by atoms with van der Waals surface area (Å²) in [4.78, 5) is 39.4. The fourth-order valence-electron chi connectivity index (χ4n) is 5.99. The third-order valence-electron chi connectivity index (χ3n) is 8.61. The van der Waals surface area contributed by atoms with Crippen LogP contribution in [0.2, 0.25) is 25.7 Å². The number of anilines is 1. The highest BCUT2D eigenvalue weighted by Gasteiger charge is 2.48. The third-order valence-corrected chi connectivity index (χ3v) is 10.3. The summed E-state index contributed by atoms with van der Waals surface area (Å²) in [6.07, 6.45) is 6.81.